The third-order valence-electron chi connectivity index (χ3n) is 4.81. The molecule has 2 atom stereocenters. The lowest BCUT2D eigenvalue weighted by molar-refractivity contribution is -0.156. The maximum atomic E-state index is 13.0. The molecule has 1 N–H and O–H groups in total. The number of anilines is 1. The molecule has 0 aliphatic carbocycles. The van der Waals surface area contributed by atoms with Crippen molar-refractivity contribution in [2.24, 2.45) is 0 Å². The van der Waals surface area contributed by atoms with Gasteiger partial charge in [0.1, 0.15) is 6.04 Å². The Bertz CT molecular complexity index is 1090. The lowest BCUT2D eigenvalue weighted by Gasteiger charge is -2.24. The fraction of sp³-hybridized carbons (Fsp3) is 0.350. The number of amides is 1. The summed E-state index contributed by atoms with van der Waals surface area (Å²) in [4.78, 5) is 29.1. The average Bonchev–Trinajstić information content (AvgIpc) is 3.21. The smallest absolute Gasteiger partial charge is 0.325 e. The topological polar surface area (TPSA) is 106 Å². The van der Waals surface area contributed by atoms with Crippen molar-refractivity contribution in [2.75, 3.05) is 11.9 Å². The molecule has 1 aromatic carbocycles. The summed E-state index contributed by atoms with van der Waals surface area (Å²) < 4.78 is 32.4. The summed E-state index contributed by atoms with van der Waals surface area (Å²) in [5.74, 6) is -1.37. The highest BCUT2D eigenvalue weighted by atomic mass is 35.5. The monoisotopic (exact) mass is 485 g/mol. The van der Waals surface area contributed by atoms with Crippen LogP contribution in [0.2, 0.25) is 10.0 Å². The second-order valence-electron chi connectivity index (χ2n) is 7.14. The first-order valence-corrected chi connectivity index (χ1v) is 11.7. The molecule has 1 fully saturated rings. The van der Waals surface area contributed by atoms with Crippen molar-refractivity contribution >= 4 is 50.9 Å². The van der Waals surface area contributed by atoms with Crippen LogP contribution in [0.5, 0.6) is 0 Å². The maximum absolute atomic E-state index is 13.0. The number of ether oxygens (including phenoxy) is 1. The van der Waals surface area contributed by atoms with Crippen LogP contribution in [0.3, 0.4) is 0 Å². The number of rotatable bonds is 6. The van der Waals surface area contributed by atoms with Crippen LogP contribution in [-0.4, -0.2) is 48.3 Å². The first-order chi connectivity index (χ1) is 14.6. The highest BCUT2D eigenvalue weighted by Crippen LogP contribution is 2.28. The molecular formula is C20H21Cl2N3O5S. The number of carbonyl (C=O) groups is 2. The largest absolute Gasteiger partial charge is 0.451 e. The third-order valence-corrected chi connectivity index (χ3v) is 7.23. The maximum Gasteiger partial charge on any atom is 0.325 e. The molecule has 0 bridgehead atoms. The summed E-state index contributed by atoms with van der Waals surface area (Å²) >= 11 is 11.8. The van der Waals surface area contributed by atoms with Gasteiger partial charge in [0.2, 0.25) is 10.0 Å². The second kappa shape index (κ2) is 9.52. The second-order valence-corrected chi connectivity index (χ2v) is 9.87. The first kappa shape index (κ1) is 23.5. The number of nitrogens with one attached hydrogen (secondary N) is 1. The molecule has 1 amide bonds. The van der Waals surface area contributed by atoms with Gasteiger partial charge >= 0.3 is 5.97 Å². The summed E-state index contributed by atoms with van der Waals surface area (Å²) in [6.45, 7) is 3.43. The molecule has 31 heavy (non-hydrogen) atoms. The van der Waals surface area contributed by atoms with Gasteiger partial charge in [0.25, 0.3) is 5.91 Å². The van der Waals surface area contributed by atoms with Crippen LogP contribution in [0, 0.1) is 6.92 Å². The number of aryl methyl sites for hydroxylation is 1. The lowest BCUT2D eigenvalue weighted by Crippen LogP contribution is -2.43. The number of pyridine rings is 1. The molecule has 1 aliphatic heterocycles. The molecule has 1 aliphatic rings. The highest BCUT2D eigenvalue weighted by Gasteiger charge is 2.41. The van der Waals surface area contributed by atoms with Crippen molar-refractivity contribution in [1.82, 2.24) is 9.29 Å². The fourth-order valence-corrected chi connectivity index (χ4v) is 5.21. The van der Waals surface area contributed by atoms with Gasteiger partial charge in [-0.25, -0.2) is 13.4 Å². The molecule has 2 aromatic rings. The first-order valence-electron chi connectivity index (χ1n) is 9.50. The van der Waals surface area contributed by atoms with Crippen molar-refractivity contribution in [3.8, 4) is 0 Å². The molecule has 0 unspecified atom stereocenters. The summed E-state index contributed by atoms with van der Waals surface area (Å²) in [6.07, 6.45) is 0.940. The normalized spacial score (nSPS) is 17.9. The number of sulfonamides is 1. The minimum Gasteiger partial charge on any atom is -0.451 e. The number of hydrogen-bond donors (Lipinski definition) is 1. The van der Waals surface area contributed by atoms with Crippen molar-refractivity contribution in [1.29, 1.82) is 0 Å². The molecule has 1 saturated heterocycles. The molecule has 0 radical (unpaired) electrons. The van der Waals surface area contributed by atoms with Crippen molar-refractivity contribution in [3.05, 3.63) is 52.1 Å². The van der Waals surface area contributed by atoms with Crippen LogP contribution in [0.15, 0.2) is 41.4 Å². The molecule has 11 heteroatoms. The Kier molecular flexibility index (Phi) is 7.20. The summed E-state index contributed by atoms with van der Waals surface area (Å²) in [6, 6.07) is 6.81. The third kappa shape index (κ3) is 5.35. The van der Waals surface area contributed by atoms with E-state index in [-0.39, 0.29) is 22.3 Å². The molecule has 2 heterocycles. The zero-order valence-corrected chi connectivity index (χ0v) is 19.2. The van der Waals surface area contributed by atoms with Gasteiger partial charge in [0.15, 0.2) is 11.9 Å². The van der Waals surface area contributed by atoms with Gasteiger partial charge in [-0.1, -0.05) is 40.9 Å². The van der Waals surface area contributed by atoms with E-state index in [0.29, 0.717) is 17.9 Å². The zero-order valence-electron chi connectivity index (χ0n) is 16.8. The van der Waals surface area contributed by atoms with E-state index < -0.39 is 34.0 Å². The van der Waals surface area contributed by atoms with Gasteiger partial charge in [0.05, 0.1) is 14.9 Å². The molecule has 8 nitrogen and oxygen atoms in total. The van der Waals surface area contributed by atoms with Crippen LogP contribution in [0.4, 0.5) is 5.82 Å². The molecule has 166 valence electrons. The summed E-state index contributed by atoms with van der Waals surface area (Å²) in [5, 5.41) is 2.89. The fourth-order valence-electron chi connectivity index (χ4n) is 3.14. The number of halogens is 2. The van der Waals surface area contributed by atoms with E-state index in [4.69, 9.17) is 27.9 Å². The minimum absolute atomic E-state index is 0.0726. The van der Waals surface area contributed by atoms with Gasteiger partial charge in [-0.05, 0) is 44.9 Å². The Balaban J connectivity index is 1.68. The van der Waals surface area contributed by atoms with Gasteiger partial charge in [-0.15, -0.1) is 0 Å². The van der Waals surface area contributed by atoms with Crippen molar-refractivity contribution in [3.63, 3.8) is 0 Å². The zero-order chi connectivity index (χ0) is 22.8. The Hall–Kier alpha value is -2.20. The average molecular weight is 486 g/mol. The molecule has 0 saturated carbocycles. The van der Waals surface area contributed by atoms with Crippen molar-refractivity contribution in [2.45, 2.75) is 43.7 Å². The molecule has 1 aromatic heterocycles. The number of nitrogens with zero attached hydrogens (tertiary/aromatic N) is 2. The Morgan fingerprint density at radius 2 is 1.94 bits per heavy atom. The van der Waals surface area contributed by atoms with Crippen LogP contribution in [0.1, 0.15) is 25.3 Å². The standard InChI is InChI=1S/C20H21Cl2N3O5S/c1-12-5-7-15(8-6-12)31(28,29)25-9-3-4-17(25)20(27)30-13(2)19(26)24-18-16(22)10-14(21)11-23-18/h5-8,10-11,13,17H,3-4,9H2,1-2H3,(H,23,24,26)/t13-,17-/m0/s1. The van der Waals surface area contributed by atoms with E-state index in [2.05, 4.69) is 10.3 Å². The van der Waals surface area contributed by atoms with E-state index in [0.717, 1.165) is 9.87 Å². The number of esters is 1. The van der Waals surface area contributed by atoms with E-state index >= 15 is 0 Å². The van der Waals surface area contributed by atoms with Gasteiger partial charge in [-0.3, -0.25) is 9.59 Å². The van der Waals surface area contributed by atoms with E-state index in [9.17, 15) is 18.0 Å². The Morgan fingerprint density at radius 3 is 2.58 bits per heavy atom. The van der Waals surface area contributed by atoms with Crippen molar-refractivity contribution < 1.29 is 22.7 Å². The summed E-state index contributed by atoms with van der Waals surface area (Å²) in [5.41, 5.74) is 0.923. The van der Waals surface area contributed by atoms with Gasteiger partial charge in [-0.2, -0.15) is 4.31 Å². The number of aromatic nitrogens is 1. The predicted octanol–water partition coefficient (Wildman–Crippen LogP) is 3.42. The molecule has 3 rings (SSSR count). The van der Waals surface area contributed by atoms with Crippen LogP contribution in [0.25, 0.3) is 0 Å². The SMILES string of the molecule is Cc1ccc(S(=O)(=O)N2CCC[C@H]2C(=O)O[C@@H](C)C(=O)Nc2ncc(Cl)cc2Cl)cc1. The Labute approximate surface area is 190 Å². The minimum atomic E-state index is -3.87. The number of hydrogen-bond acceptors (Lipinski definition) is 6. The number of benzene rings is 1. The van der Waals surface area contributed by atoms with E-state index in [1.54, 1.807) is 12.1 Å². The van der Waals surface area contributed by atoms with Gasteiger partial charge in [0, 0.05) is 12.7 Å². The quantitative estimate of drug-likeness (QED) is 0.628. The van der Waals surface area contributed by atoms with E-state index in [1.807, 2.05) is 6.92 Å². The summed E-state index contributed by atoms with van der Waals surface area (Å²) in [7, 11) is -3.87. The number of carbonyl (C=O) groups excluding carboxylic acids is 2. The molecule has 0 spiro atoms. The molecular weight excluding hydrogens is 465 g/mol. The van der Waals surface area contributed by atoms with Gasteiger partial charge < -0.3 is 10.1 Å². The van der Waals surface area contributed by atoms with Crippen LogP contribution >= 0.6 is 23.2 Å². The Morgan fingerprint density at radius 1 is 1.26 bits per heavy atom. The van der Waals surface area contributed by atoms with Crippen LogP contribution in [-0.2, 0) is 24.3 Å². The van der Waals surface area contributed by atoms with Crippen LogP contribution < -0.4 is 5.32 Å². The predicted molar refractivity (Wildman–Crippen MR) is 117 cm³/mol. The lowest BCUT2D eigenvalue weighted by atomic mass is 10.2. The highest BCUT2D eigenvalue weighted by molar-refractivity contribution is 7.89. The van der Waals surface area contributed by atoms with E-state index in [1.165, 1.54) is 31.3 Å².